The maximum absolute atomic E-state index is 12.4. The number of hydrogen-bond donors (Lipinski definition) is 2. The van der Waals surface area contributed by atoms with Crippen molar-refractivity contribution in [1.82, 2.24) is 10.2 Å². The fourth-order valence-electron chi connectivity index (χ4n) is 2.13. The van der Waals surface area contributed by atoms with Crippen LogP contribution in [-0.4, -0.2) is 37.3 Å². The molecule has 1 unspecified atom stereocenters. The van der Waals surface area contributed by atoms with Gasteiger partial charge in [0.1, 0.15) is 5.76 Å². The van der Waals surface area contributed by atoms with Gasteiger partial charge < -0.3 is 15.1 Å². The summed E-state index contributed by atoms with van der Waals surface area (Å²) in [7, 11) is 3.77. The van der Waals surface area contributed by atoms with E-state index in [-0.39, 0.29) is 6.04 Å². The maximum Gasteiger partial charge on any atom is 0.319 e. The van der Waals surface area contributed by atoms with E-state index in [0.29, 0.717) is 28.9 Å². The summed E-state index contributed by atoms with van der Waals surface area (Å²) in [5, 5.41) is 5.39. The van der Waals surface area contributed by atoms with E-state index in [0.717, 1.165) is 5.76 Å². The lowest BCUT2D eigenvalue weighted by molar-refractivity contribution is 0.233. The van der Waals surface area contributed by atoms with Crippen molar-refractivity contribution in [2.45, 2.75) is 16.7 Å². The second kappa shape index (κ2) is 8.70. The van der Waals surface area contributed by atoms with Gasteiger partial charge in [0, 0.05) is 17.1 Å². The zero-order valence-corrected chi connectivity index (χ0v) is 14.1. The van der Waals surface area contributed by atoms with Crippen LogP contribution >= 0.6 is 11.8 Å². The van der Waals surface area contributed by atoms with Crippen LogP contribution in [0, 0.1) is 0 Å². The van der Waals surface area contributed by atoms with Crippen LogP contribution in [0.15, 0.2) is 52.0 Å². The third-order valence-electron chi connectivity index (χ3n) is 3.27. The molecule has 130 valence electrons. The highest BCUT2D eigenvalue weighted by molar-refractivity contribution is 7.99. The number of furan rings is 1. The van der Waals surface area contributed by atoms with E-state index < -0.39 is 11.8 Å². The van der Waals surface area contributed by atoms with Gasteiger partial charge in [-0.25, -0.2) is 4.79 Å². The molecule has 24 heavy (non-hydrogen) atoms. The molecule has 1 aromatic carbocycles. The zero-order valence-electron chi connectivity index (χ0n) is 13.3. The third kappa shape index (κ3) is 5.54. The number of carbonyl (C=O) groups is 1. The Bertz CT molecular complexity index is 651. The normalized spacial score (nSPS) is 12.4. The first-order valence-electron chi connectivity index (χ1n) is 7.25. The number of alkyl halides is 2. The summed E-state index contributed by atoms with van der Waals surface area (Å²) in [6.07, 6.45) is 1.58. The summed E-state index contributed by atoms with van der Waals surface area (Å²) in [6.45, 7) is 0.345. The molecule has 2 N–H and O–H groups in total. The fourth-order valence-corrected chi connectivity index (χ4v) is 2.69. The average molecular weight is 355 g/mol. The van der Waals surface area contributed by atoms with Gasteiger partial charge in [0.25, 0.3) is 5.76 Å². The van der Waals surface area contributed by atoms with Gasteiger partial charge in [-0.2, -0.15) is 8.78 Å². The van der Waals surface area contributed by atoms with Crippen molar-refractivity contribution in [3.63, 3.8) is 0 Å². The Kier molecular flexibility index (Phi) is 6.62. The molecule has 0 spiro atoms. The van der Waals surface area contributed by atoms with Crippen molar-refractivity contribution < 1.29 is 18.0 Å². The standard InChI is InChI=1S/C16H19F2N3O2S/c1-21(2)13(14-7-4-8-23-14)10-19-16(22)20-11-5-3-6-12(9-11)24-15(17)18/h3-9,13,15H,10H2,1-2H3,(H2,19,20,22). The molecule has 0 saturated heterocycles. The van der Waals surface area contributed by atoms with Crippen LogP contribution in [-0.2, 0) is 0 Å². The first kappa shape index (κ1) is 18.3. The van der Waals surface area contributed by atoms with Crippen molar-refractivity contribution >= 4 is 23.5 Å². The second-order valence-electron chi connectivity index (χ2n) is 5.24. The Balaban J connectivity index is 1.91. The average Bonchev–Trinajstić information content (AvgIpc) is 3.00. The lowest BCUT2D eigenvalue weighted by atomic mass is 10.2. The Morgan fingerprint density at radius 1 is 1.29 bits per heavy atom. The van der Waals surface area contributed by atoms with Crippen LogP contribution in [0.1, 0.15) is 11.8 Å². The molecule has 1 heterocycles. The predicted octanol–water partition coefficient (Wildman–Crippen LogP) is 4.02. The van der Waals surface area contributed by atoms with Gasteiger partial charge in [-0.3, -0.25) is 4.90 Å². The van der Waals surface area contributed by atoms with Crippen molar-refractivity contribution in [3.8, 4) is 0 Å². The molecule has 0 aliphatic rings. The zero-order chi connectivity index (χ0) is 17.5. The largest absolute Gasteiger partial charge is 0.468 e. The van der Waals surface area contributed by atoms with Gasteiger partial charge in [0.2, 0.25) is 0 Å². The fraction of sp³-hybridized carbons (Fsp3) is 0.312. The van der Waals surface area contributed by atoms with E-state index in [1.54, 1.807) is 30.5 Å². The number of nitrogens with one attached hydrogen (secondary N) is 2. The maximum atomic E-state index is 12.4. The van der Waals surface area contributed by atoms with Gasteiger partial charge in [0.05, 0.1) is 12.3 Å². The third-order valence-corrected chi connectivity index (χ3v) is 3.97. The van der Waals surface area contributed by atoms with E-state index >= 15 is 0 Å². The van der Waals surface area contributed by atoms with Gasteiger partial charge in [-0.05, 0) is 44.4 Å². The number of nitrogens with zero attached hydrogens (tertiary/aromatic N) is 1. The Labute approximate surface area is 143 Å². The molecule has 1 aromatic heterocycles. The van der Waals surface area contributed by atoms with E-state index in [2.05, 4.69) is 10.6 Å². The molecule has 0 aliphatic carbocycles. The van der Waals surface area contributed by atoms with E-state index in [4.69, 9.17) is 4.42 Å². The van der Waals surface area contributed by atoms with E-state index in [9.17, 15) is 13.6 Å². The van der Waals surface area contributed by atoms with Crippen LogP contribution < -0.4 is 10.6 Å². The summed E-state index contributed by atoms with van der Waals surface area (Å²) in [5.74, 6) is -1.75. The lowest BCUT2D eigenvalue weighted by Crippen LogP contribution is -2.36. The summed E-state index contributed by atoms with van der Waals surface area (Å²) in [5.41, 5.74) is 0.456. The minimum absolute atomic E-state index is 0.105. The van der Waals surface area contributed by atoms with Crippen LogP contribution in [0.3, 0.4) is 0 Å². The molecule has 0 radical (unpaired) electrons. The molecule has 0 saturated carbocycles. The van der Waals surface area contributed by atoms with Crippen molar-refractivity contribution in [1.29, 1.82) is 0 Å². The monoisotopic (exact) mass is 355 g/mol. The number of rotatable bonds is 7. The topological polar surface area (TPSA) is 57.5 Å². The first-order chi connectivity index (χ1) is 11.5. The Morgan fingerprint density at radius 2 is 2.08 bits per heavy atom. The number of hydrogen-bond acceptors (Lipinski definition) is 4. The van der Waals surface area contributed by atoms with Crippen molar-refractivity contribution in [3.05, 3.63) is 48.4 Å². The van der Waals surface area contributed by atoms with E-state index in [1.165, 1.54) is 6.07 Å². The molecule has 0 bridgehead atoms. The Morgan fingerprint density at radius 3 is 2.71 bits per heavy atom. The summed E-state index contributed by atoms with van der Waals surface area (Å²) >= 11 is 0.436. The Hall–Kier alpha value is -2.06. The van der Waals surface area contributed by atoms with Crippen molar-refractivity contribution in [2.24, 2.45) is 0 Å². The molecule has 8 heteroatoms. The van der Waals surface area contributed by atoms with Crippen LogP contribution in [0.4, 0.5) is 19.3 Å². The van der Waals surface area contributed by atoms with Crippen LogP contribution in [0.5, 0.6) is 0 Å². The summed E-state index contributed by atoms with van der Waals surface area (Å²) < 4.78 is 30.1. The minimum atomic E-state index is -2.50. The number of thioether (sulfide) groups is 1. The number of likely N-dealkylation sites (N-methyl/N-ethyl adjacent to an activating group) is 1. The van der Waals surface area contributed by atoms with Gasteiger partial charge >= 0.3 is 6.03 Å². The van der Waals surface area contributed by atoms with Crippen LogP contribution in [0.25, 0.3) is 0 Å². The molecule has 2 amide bonds. The number of carbonyl (C=O) groups excluding carboxylic acids is 1. The minimum Gasteiger partial charge on any atom is -0.468 e. The number of amides is 2. The highest BCUT2D eigenvalue weighted by atomic mass is 32.2. The SMILES string of the molecule is CN(C)C(CNC(=O)Nc1cccc(SC(F)F)c1)c1ccco1. The molecular formula is C16H19F2N3O2S. The van der Waals surface area contributed by atoms with Crippen LogP contribution in [0.2, 0.25) is 0 Å². The lowest BCUT2D eigenvalue weighted by Gasteiger charge is -2.22. The highest BCUT2D eigenvalue weighted by Crippen LogP contribution is 2.27. The number of halogens is 2. The number of urea groups is 1. The molecule has 5 nitrogen and oxygen atoms in total. The highest BCUT2D eigenvalue weighted by Gasteiger charge is 2.17. The molecular weight excluding hydrogens is 336 g/mol. The van der Waals surface area contributed by atoms with Gasteiger partial charge in [-0.15, -0.1) is 0 Å². The number of benzene rings is 1. The molecule has 2 rings (SSSR count). The number of anilines is 1. The van der Waals surface area contributed by atoms with Gasteiger partial charge in [0.15, 0.2) is 0 Å². The predicted molar refractivity (Wildman–Crippen MR) is 90.5 cm³/mol. The molecule has 1 atom stereocenters. The summed E-state index contributed by atoms with van der Waals surface area (Å²) in [6, 6.07) is 9.45. The molecule has 0 aliphatic heterocycles. The smallest absolute Gasteiger partial charge is 0.319 e. The summed E-state index contributed by atoms with van der Waals surface area (Å²) in [4.78, 5) is 14.3. The first-order valence-corrected chi connectivity index (χ1v) is 8.13. The van der Waals surface area contributed by atoms with E-state index in [1.807, 2.05) is 25.1 Å². The quantitative estimate of drug-likeness (QED) is 0.737. The van der Waals surface area contributed by atoms with Crippen molar-refractivity contribution in [2.75, 3.05) is 26.0 Å². The molecule has 0 fully saturated rings. The second-order valence-corrected chi connectivity index (χ2v) is 6.30. The molecule has 2 aromatic rings. The van der Waals surface area contributed by atoms with Gasteiger partial charge in [-0.1, -0.05) is 17.8 Å².